The monoisotopic (exact) mass is 343 g/mol. The second kappa shape index (κ2) is 5.61. The van der Waals surface area contributed by atoms with Crippen LogP contribution in [-0.2, 0) is 14.8 Å². The number of nitrogens with zero attached hydrogens (tertiary/aromatic N) is 1. The van der Waals surface area contributed by atoms with Crippen molar-refractivity contribution in [1.29, 1.82) is 0 Å². The van der Waals surface area contributed by atoms with Crippen molar-refractivity contribution in [2.24, 2.45) is 5.41 Å². The third kappa shape index (κ3) is 2.68. The van der Waals surface area contributed by atoms with Crippen molar-refractivity contribution in [2.45, 2.75) is 38.0 Å². The minimum absolute atomic E-state index is 0.115. The lowest BCUT2D eigenvalue weighted by molar-refractivity contribution is 0.0690. The Morgan fingerprint density at radius 1 is 1.26 bits per heavy atom. The van der Waals surface area contributed by atoms with Crippen molar-refractivity contribution in [3.8, 4) is 0 Å². The van der Waals surface area contributed by atoms with Gasteiger partial charge < -0.3 is 14.3 Å². The van der Waals surface area contributed by atoms with Crippen LogP contribution in [0.4, 0.5) is 0 Å². The quantitative estimate of drug-likeness (QED) is 0.898. The first-order valence-electron chi connectivity index (χ1n) is 7.68. The van der Waals surface area contributed by atoms with E-state index in [2.05, 4.69) is 0 Å². The van der Waals surface area contributed by atoms with E-state index in [1.165, 1.54) is 18.2 Å². The van der Waals surface area contributed by atoms with E-state index in [-0.39, 0.29) is 27.4 Å². The molecule has 2 fully saturated rings. The highest BCUT2D eigenvalue weighted by molar-refractivity contribution is 7.89. The molecule has 0 bridgehead atoms. The third-order valence-corrected chi connectivity index (χ3v) is 6.83. The van der Waals surface area contributed by atoms with Crippen LogP contribution >= 0.6 is 0 Å². The number of aryl methyl sites for hydroxylation is 2. The summed E-state index contributed by atoms with van der Waals surface area (Å²) in [5, 5.41) is 9.36. The number of carbonyl (C=O) groups is 1. The summed E-state index contributed by atoms with van der Waals surface area (Å²) in [6.45, 7) is 4.94. The normalized spacial score (nSPS) is 26.0. The molecule has 3 rings (SSSR count). The molecule has 7 nitrogen and oxygen atoms in total. The molecule has 23 heavy (non-hydrogen) atoms. The maximum absolute atomic E-state index is 13.0. The van der Waals surface area contributed by atoms with Gasteiger partial charge in [0.1, 0.15) is 22.0 Å². The number of sulfonamides is 1. The van der Waals surface area contributed by atoms with Crippen LogP contribution in [0.5, 0.6) is 0 Å². The third-order valence-electron chi connectivity index (χ3n) is 4.83. The Labute approximate surface area is 135 Å². The highest BCUT2D eigenvalue weighted by Crippen LogP contribution is 2.40. The van der Waals surface area contributed by atoms with E-state index in [0.717, 1.165) is 19.3 Å². The summed E-state index contributed by atoms with van der Waals surface area (Å²) in [5.41, 5.74) is -0.397. The van der Waals surface area contributed by atoms with Crippen LogP contribution in [0.15, 0.2) is 9.31 Å². The molecule has 2 aliphatic rings. The molecular formula is C15H21NO6S. The van der Waals surface area contributed by atoms with Crippen molar-refractivity contribution in [2.75, 3.05) is 26.3 Å². The highest BCUT2D eigenvalue weighted by Gasteiger charge is 2.44. The molecule has 0 aromatic carbocycles. The molecule has 1 atom stereocenters. The van der Waals surface area contributed by atoms with Gasteiger partial charge >= 0.3 is 5.97 Å². The van der Waals surface area contributed by atoms with Crippen LogP contribution in [0.25, 0.3) is 0 Å². The molecule has 1 N–H and O–H groups in total. The molecular weight excluding hydrogens is 322 g/mol. The Kier molecular flexibility index (Phi) is 4.02. The molecule has 128 valence electrons. The Morgan fingerprint density at radius 2 is 2.00 bits per heavy atom. The fourth-order valence-electron chi connectivity index (χ4n) is 3.69. The summed E-state index contributed by atoms with van der Waals surface area (Å²) in [6, 6.07) is 0. The van der Waals surface area contributed by atoms with Gasteiger partial charge in [-0.3, -0.25) is 0 Å². The number of hydrogen-bond donors (Lipinski definition) is 1. The van der Waals surface area contributed by atoms with Crippen LogP contribution in [0.3, 0.4) is 0 Å². The van der Waals surface area contributed by atoms with Crippen LogP contribution < -0.4 is 0 Å². The van der Waals surface area contributed by atoms with E-state index in [0.29, 0.717) is 26.3 Å². The predicted molar refractivity (Wildman–Crippen MR) is 81.0 cm³/mol. The van der Waals surface area contributed by atoms with Gasteiger partial charge in [0.2, 0.25) is 10.0 Å². The summed E-state index contributed by atoms with van der Waals surface area (Å²) in [5.74, 6) is -1.04. The van der Waals surface area contributed by atoms with E-state index in [9.17, 15) is 18.3 Å². The molecule has 1 aromatic rings. The van der Waals surface area contributed by atoms with Gasteiger partial charge in [-0.15, -0.1) is 0 Å². The van der Waals surface area contributed by atoms with Crippen molar-refractivity contribution in [1.82, 2.24) is 4.31 Å². The van der Waals surface area contributed by atoms with E-state index >= 15 is 0 Å². The lowest BCUT2D eigenvalue weighted by atomic mass is 9.80. The molecule has 8 heteroatoms. The Bertz CT molecular complexity index is 729. The smallest absolute Gasteiger partial charge is 0.340 e. The maximum Gasteiger partial charge on any atom is 0.340 e. The van der Waals surface area contributed by atoms with E-state index in [1.54, 1.807) is 0 Å². The second-order valence-electron chi connectivity index (χ2n) is 6.47. The molecule has 0 aliphatic carbocycles. The fraction of sp³-hybridized carbons (Fsp3) is 0.667. The van der Waals surface area contributed by atoms with Gasteiger partial charge in [-0.05, 0) is 33.1 Å². The molecule has 0 saturated carbocycles. The van der Waals surface area contributed by atoms with Gasteiger partial charge in [-0.2, -0.15) is 4.31 Å². The van der Waals surface area contributed by atoms with Crippen molar-refractivity contribution < 1.29 is 27.5 Å². The first kappa shape index (κ1) is 16.5. The number of piperidine rings is 1. The number of rotatable bonds is 3. The number of aromatic carboxylic acids is 1. The first-order valence-corrected chi connectivity index (χ1v) is 9.12. The van der Waals surface area contributed by atoms with Crippen LogP contribution in [0, 0.1) is 19.3 Å². The van der Waals surface area contributed by atoms with E-state index in [1.807, 2.05) is 0 Å². The minimum atomic E-state index is -3.91. The lowest BCUT2D eigenvalue weighted by Crippen LogP contribution is -2.46. The van der Waals surface area contributed by atoms with E-state index in [4.69, 9.17) is 9.15 Å². The zero-order valence-electron chi connectivity index (χ0n) is 13.3. The Hall–Kier alpha value is -1.38. The van der Waals surface area contributed by atoms with Crippen LogP contribution in [-0.4, -0.2) is 50.1 Å². The minimum Gasteiger partial charge on any atom is -0.478 e. The van der Waals surface area contributed by atoms with Gasteiger partial charge in [0.25, 0.3) is 0 Å². The second-order valence-corrected chi connectivity index (χ2v) is 8.34. The fourth-order valence-corrected chi connectivity index (χ4v) is 5.65. The number of carboxylic acid groups (broad SMARTS) is 1. The topological polar surface area (TPSA) is 97.0 Å². The van der Waals surface area contributed by atoms with Gasteiger partial charge in [-0.25, -0.2) is 13.2 Å². The SMILES string of the molecule is Cc1oc(C)c(S(=O)(=O)N2CCCC3(CCOC3)C2)c1C(=O)O. The van der Waals surface area contributed by atoms with Crippen LogP contribution in [0.2, 0.25) is 0 Å². The van der Waals surface area contributed by atoms with Crippen molar-refractivity contribution >= 4 is 16.0 Å². The van der Waals surface area contributed by atoms with Crippen molar-refractivity contribution in [3.63, 3.8) is 0 Å². The molecule has 1 unspecified atom stereocenters. The molecule has 0 amide bonds. The average Bonchev–Trinajstić information content (AvgIpc) is 3.03. The lowest BCUT2D eigenvalue weighted by Gasteiger charge is -2.38. The van der Waals surface area contributed by atoms with Gasteiger partial charge in [0, 0.05) is 25.1 Å². The molecule has 1 spiro atoms. The number of hydrogen-bond acceptors (Lipinski definition) is 5. The predicted octanol–water partition coefficient (Wildman–Crippen LogP) is 1.79. The summed E-state index contributed by atoms with van der Waals surface area (Å²) in [4.78, 5) is 11.3. The maximum atomic E-state index is 13.0. The largest absolute Gasteiger partial charge is 0.478 e. The molecule has 2 aliphatic heterocycles. The number of furan rings is 1. The number of carboxylic acids is 1. The highest BCUT2D eigenvalue weighted by atomic mass is 32.2. The number of ether oxygens (including phenoxy) is 1. The standard InChI is InChI=1S/C15H21NO6S/c1-10-12(14(17)18)13(11(2)22-10)23(19,20)16-6-3-4-15(8-16)5-7-21-9-15/h3-9H2,1-2H3,(H,17,18). The first-order chi connectivity index (χ1) is 10.8. The van der Waals surface area contributed by atoms with E-state index < -0.39 is 16.0 Å². The summed E-state index contributed by atoms with van der Waals surface area (Å²) in [6.07, 6.45) is 2.53. The summed E-state index contributed by atoms with van der Waals surface area (Å²) >= 11 is 0. The summed E-state index contributed by atoms with van der Waals surface area (Å²) in [7, 11) is -3.91. The van der Waals surface area contributed by atoms with Crippen LogP contribution in [0.1, 0.15) is 41.1 Å². The average molecular weight is 343 g/mol. The van der Waals surface area contributed by atoms with Gasteiger partial charge in [0.15, 0.2) is 0 Å². The molecule has 0 radical (unpaired) electrons. The zero-order valence-corrected chi connectivity index (χ0v) is 14.1. The molecule has 3 heterocycles. The Morgan fingerprint density at radius 3 is 2.61 bits per heavy atom. The molecule has 1 aromatic heterocycles. The van der Waals surface area contributed by atoms with Gasteiger partial charge in [-0.1, -0.05) is 0 Å². The van der Waals surface area contributed by atoms with Crippen molar-refractivity contribution in [3.05, 3.63) is 17.1 Å². The molecule has 2 saturated heterocycles. The summed E-state index contributed by atoms with van der Waals surface area (Å²) < 4.78 is 38.2. The zero-order chi connectivity index (χ0) is 16.8. The Balaban J connectivity index is 2.00. The van der Waals surface area contributed by atoms with Gasteiger partial charge in [0.05, 0.1) is 6.61 Å².